The van der Waals surface area contributed by atoms with Crippen molar-refractivity contribution in [3.05, 3.63) is 64.7 Å². The van der Waals surface area contributed by atoms with E-state index in [-0.39, 0.29) is 18.6 Å². The van der Waals surface area contributed by atoms with Crippen molar-refractivity contribution >= 4 is 29.3 Å². The smallest absolute Gasteiger partial charge is 0.337 e. The number of esters is 2. The van der Waals surface area contributed by atoms with E-state index in [2.05, 4.69) is 17.0 Å². The molecule has 0 radical (unpaired) electrons. The molecule has 2 aromatic carbocycles. The van der Waals surface area contributed by atoms with Crippen molar-refractivity contribution in [1.82, 2.24) is 0 Å². The van der Waals surface area contributed by atoms with Gasteiger partial charge in [-0.1, -0.05) is 43.7 Å². The fourth-order valence-corrected chi connectivity index (χ4v) is 2.91. The van der Waals surface area contributed by atoms with Gasteiger partial charge in [-0.2, -0.15) is 0 Å². The number of rotatable bonds is 10. The Morgan fingerprint density at radius 1 is 0.935 bits per heavy atom. The van der Waals surface area contributed by atoms with Crippen LogP contribution in [0.15, 0.2) is 42.5 Å². The van der Waals surface area contributed by atoms with E-state index >= 15 is 0 Å². The summed E-state index contributed by atoms with van der Waals surface area (Å²) in [6.07, 6.45) is 1.88. The van der Waals surface area contributed by atoms with Gasteiger partial charge < -0.3 is 14.8 Å². The van der Waals surface area contributed by atoms with Gasteiger partial charge in [0.05, 0.1) is 19.1 Å². The number of aryl methyl sites for hydroxylation is 2. The number of amides is 1. The molecule has 0 aliphatic carbocycles. The van der Waals surface area contributed by atoms with Crippen LogP contribution in [0, 0.1) is 6.92 Å². The molecule has 1 N–H and O–H groups in total. The molecule has 0 aliphatic rings. The normalized spacial score (nSPS) is 10.3. The van der Waals surface area contributed by atoms with E-state index in [1.165, 1.54) is 13.2 Å². The molecule has 0 saturated heterocycles. The number of hydrogen-bond acceptors (Lipinski definition) is 6. The van der Waals surface area contributed by atoms with E-state index < -0.39 is 24.5 Å². The van der Waals surface area contributed by atoms with Crippen LogP contribution >= 0.6 is 0 Å². The number of nitrogens with one attached hydrogen (secondary N) is 1. The lowest BCUT2D eigenvalue weighted by molar-refractivity contribution is -0.147. The maximum Gasteiger partial charge on any atom is 0.337 e. The van der Waals surface area contributed by atoms with Crippen LogP contribution in [0.5, 0.6) is 0 Å². The third-order valence-corrected chi connectivity index (χ3v) is 4.67. The van der Waals surface area contributed by atoms with Gasteiger partial charge in [0.15, 0.2) is 12.4 Å². The van der Waals surface area contributed by atoms with Gasteiger partial charge in [0.2, 0.25) is 0 Å². The lowest BCUT2D eigenvalue weighted by Gasteiger charge is -2.10. The molecular formula is C24H27NO6. The minimum Gasteiger partial charge on any atom is -0.465 e. The largest absolute Gasteiger partial charge is 0.465 e. The summed E-state index contributed by atoms with van der Waals surface area (Å²) < 4.78 is 9.62. The predicted octanol–water partition coefficient (Wildman–Crippen LogP) is 3.88. The summed E-state index contributed by atoms with van der Waals surface area (Å²) in [6, 6.07) is 12.1. The average molecular weight is 425 g/mol. The number of carbonyl (C=O) groups is 4. The molecule has 0 aromatic heterocycles. The van der Waals surface area contributed by atoms with Crippen molar-refractivity contribution in [1.29, 1.82) is 0 Å². The highest BCUT2D eigenvalue weighted by Crippen LogP contribution is 2.17. The van der Waals surface area contributed by atoms with E-state index in [4.69, 9.17) is 4.74 Å². The molecule has 0 spiro atoms. The molecule has 0 bridgehead atoms. The Balaban J connectivity index is 1.80. The van der Waals surface area contributed by atoms with Gasteiger partial charge in [0.1, 0.15) is 0 Å². The van der Waals surface area contributed by atoms with Crippen LogP contribution in [0.1, 0.15) is 58.0 Å². The summed E-state index contributed by atoms with van der Waals surface area (Å²) in [4.78, 5) is 47.8. The van der Waals surface area contributed by atoms with Crippen LogP contribution in [0.2, 0.25) is 0 Å². The molecule has 0 fully saturated rings. The highest BCUT2D eigenvalue weighted by atomic mass is 16.5. The molecule has 7 nitrogen and oxygen atoms in total. The summed E-state index contributed by atoms with van der Waals surface area (Å²) in [7, 11) is 1.27. The fourth-order valence-electron chi connectivity index (χ4n) is 2.91. The minimum absolute atomic E-state index is 0.00780. The first-order valence-corrected chi connectivity index (χ1v) is 10.1. The summed E-state index contributed by atoms with van der Waals surface area (Å²) in [5.74, 6) is -1.85. The fraction of sp³-hybridized carbons (Fsp3) is 0.333. The summed E-state index contributed by atoms with van der Waals surface area (Å²) in [5, 5.41) is 2.60. The SMILES string of the molecule is CCCc1ccc(C(=O)CCC(=O)OCC(=O)Nc2cc(C(=O)OC)ccc2C)cc1. The standard InChI is InChI=1S/C24H27NO6/c1-4-5-17-7-10-18(11-8-17)21(26)12-13-23(28)31-15-22(27)25-20-14-19(24(29)30-3)9-6-16(20)2/h6-11,14H,4-5,12-13,15H2,1-3H3,(H,25,27). The summed E-state index contributed by atoms with van der Waals surface area (Å²) >= 11 is 0. The summed E-state index contributed by atoms with van der Waals surface area (Å²) in [5.41, 5.74) is 3.17. The second-order valence-corrected chi connectivity index (χ2v) is 7.10. The molecule has 2 aromatic rings. The van der Waals surface area contributed by atoms with Gasteiger partial charge in [-0.05, 0) is 36.6 Å². The van der Waals surface area contributed by atoms with Crippen LogP contribution < -0.4 is 5.32 Å². The van der Waals surface area contributed by atoms with Gasteiger partial charge >= 0.3 is 11.9 Å². The van der Waals surface area contributed by atoms with E-state index in [9.17, 15) is 19.2 Å². The van der Waals surface area contributed by atoms with Gasteiger partial charge in [-0.3, -0.25) is 14.4 Å². The Morgan fingerprint density at radius 2 is 1.61 bits per heavy atom. The molecule has 0 atom stereocenters. The van der Waals surface area contributed by atoms with E-state index in [0.29, 0.717) is 16.8 Å². The van der Waals surface area contributed by atoms with Gasteiger partial charge in [0, 0.05) is 17.7 Å². The van der Waals surface area contributed by atoms with Gasteiger partial charge in [-0.25, -0.2) is 4.79 Å². The van der Waals surface area contributed by atoms with Crippen molar-refractivity contribution in [2.75, 3.05) is 19.0 Å². The number of ether oxygens (including phenoxy) is 2. The number of ketones is 1. The van der Waals surface area contributed by atoms with E-state index in [0.717, 1.165) is 24.0 Å². The van der Waals surface area contributed by atoms with E-state index in [1.807, 2.05) is 12.1 Å². The Bertz CT molecular complexity index is 949. The number of hydrogen-bond donors (Lipinski definition) is 1. The Morgan fingerprint density at radius 3 is 2.26 bits per heavy atom. The third kappa shape index (κ3) is 7.37. The lowest BCUT2D eigenvalue weighted by Crippen LogP contribution is -2.21. The van der Waals surface area contributed by atoms with Gasteiger partial charge in [-0.15, -0.1) is 0 Å². The Kier molecular flexibility index (Phi) is 8.94. The third-order valence-electron chi connectivity index (χ3n) is 4.67. The number of anilines is 1. The molecule has 2 rings (SSSR count). The molecule has 7 heteroatoms. The highest BCUT2D eigenvalue weighted by molar-refractivity contribution is 5.98. The average Bonchev–Trinajstić information content (AvgIpc) is 2.77. The molecule has 1 amide bonds. The Labute approximate surface area is 181 Å². The van der Waals surface area contributed by atoms with E-state index in [1.54, 1.807) is 31.2 Å². The van der Waals surface area contributed by atoms with Crippen molar-refractivity contribution in [3.8, 4) is 0 Å². The van der Waals surface area contributed by atoms with Crippen LogP contribution in [-0.2, 0) is 25.5 Å². The number of benzene rings is 2. The maximum atomic E-state index is 12.2. The van der Waals surface area contributed by atoms with Crippen molar-refractivity contribution in [2.45, 2.75) is 39.5 Å². The molecule has 0 heterocycles. The zero-order chi connectivity index (χ0) is 22.8. The van der Waals surface area contributed by atoms with Crippen LogP contribution in [0.3, 0.4) is 0 Å². The molecule has 31 heavy (non-hydrogen) atoms. The molecule has 0 unspecified atom stereocenters. The zero-order valence-corrected chi connectivity index (χ0v) is 18.0. The topological polar surface area (TPSA) is 98.8 Å². The number of Topliss-reactive ketones (excluding diaryl/α,β-unsaturated/α-hetero) is 1. The minimum atomic E-state index is -0.633. The first-order chi connectivity index (χ1) is 14.8. The monoisotopic (exact) mass is 425 g/mol. The van der Waals surface area contributed by atoms with Gasteiger partial charge in [0.25, 0.3) is 5.91 Å². The quantitative estimate of drug-likeness (QED) is 0.458. The lowest BCUT2D eigenvalue weighted by atomic mass is 10.0. The van der Waals surface area contributed by atoms with Crippen LogP contribution in [0.25, 0.3) is 0 Å². The predicted molar refractivity (Wildman–Crippen MR) is 116 cm³/mol. The van der Waals surface area contributed by atoms with Crippen molar-refractivity contribution in [2.24, 2.45) is 0 Å². The van der Waals surface area contributed by atoms with Crippen molar-refractivity contribution in [3.63, 3.8) is 0 Å². The van der Waals surface area contributed by atoms with Crippen LogP contribution in [-0.4, -0.2) is 37.3 Å². The highest BCUT2D eigenvalue weighted by Gasteiger charge is 2.14. The van der Waals surface area contributed by atoms with Crippen molar-refractivity contribution < 1.29 is 28.7 Å². The molecular weight excluding hydrogens is 398 g/mol. The Hall–Kier alpha value is -3.48. The second-order valence-electron chi connectivity index (χ2n) is 7.10. The first-order valence-electron chi connectivity index (χ1n) is 10.1. The number of carbonyl (C=O) groups excluding carboxylic acids is 4. The molecule has 164 valence electrons. The molecule has 0 saturated carbocycles. The molecule has 0 aliphatic heterocycles. The summed E-state index contributed by atoms with van der Waals surface area (Å²) in [6.45, 7) is 3.37. The first kappa shape index (κ1) is 23.8. The second kappa shape index (κ2) is 11.6. The van der Waals surface area contributed by atoms with Crippen LogP contribution in [0.4, 0.5) is 5.69 Å². The maximum absolute atomic E-state index is 12.2. The zero-order valence-electron chi connectivity index (χ0n) is 18.0. The number of methoxy groups -OCH3 is 1.